The second kappa shape index (κ2) is 10.6. The predicted octanol–water partition coefficient (Wildman–Crippen LogP) is 2.67. The molecule has 1 fully saturated rings. The van der Waals surface area contributed by atoms with E-state index >= 15 is 0 Å². The van der Waals surface area contributed by atoms with Crippen LogP contribution in [0.4, 0.5) is 5.69 Å². The number of carbonyl (C=O) groups excluding carboxylic acids is 1. The van der Waals surface area contributed by atoms with Crippen molar-refractivity contribution < 1.29 is 14.3 Å². The molecule has 2 aromatic rings. The van der Waals surface area contributed by atoms with Crippen molar-refractivity contribution in [1.82, 2.24) is 10.3 Å². The highest BCUT2D eigenvalue weighted by Gasteiger charge is 2.25. The summed E-state index contributed by atoms with van der Waals surface area (Å²) >= 11 is 0. The van der Waals surface area contributed by atoms with E-state index in [1.807, 2.05) is 49.4 Å². The second-order valence-electron chi connectivity index (χ2n) is 6.83. The summed E-state index contributed by atoms with van der Waals surface area (Å²) in [5, 5.41) is 7.47. The maximum absolute atomic E-state index is 12.2. The summed E-state index contributed by atoms with van der Waals surface area (Å²) in [6.45, 7) is 5.16. The van der Waals surface area contributed by atoms with Gasteiger partial charge in [0.2, 0.25) is 0 Å². The zero-order valence-electron chi connectivity index (χ0n) is 16.9. The highest BCUT2D eigenvalue weighted by molar-refractivity contribution is 5.90. The minimum atomic E-state index is -0.200. The van der Waals surface area contributed by atoms with Crippen molar-refractivity contribution in [1.29, 1.82) is 0 Å². The summed E-state index contributed by atoms with van der Waals surface area (Å²) in [6.07, 6.45) is 0. The molecule has 1 saturated heterocycles. The number of hydrogen-bond donors (Lipinski definition) is 2. The fourth-order valence-corrected chi connectivity index (χ4v) is 3.33. The van der Waals surface area contributed by atoms with E-state index in [1.54, 1.807) is 7.11 Å². The largest absolute Gasteiger partial charge is 0.497 e. The Labute approximate surface area is 171 Å². The maximum atomic E-state index is 12.2. The standard InChI is InChI=1S/C22H28N4O3/c1-17(22(18-6-4-3-5-7-18)26-12-14-29-15-13-26)24-25-21(27)16-23-19-8-10-20(28-2)11-9-19/h3-11,22-23H,12-16H2,1-2H3,(H,25,27)/b24-17-/t22-/m0/s1. The van der Waals surface area contributed by atoms with Crippen LogP contribution in [0.3, 0.4) is 0 Å². The van der Waals surface area contributed by atoms with Crippen molar-refractivity contribution in [2.24, 2.45) is 5.10 Å². The van der Waals surface area contributed by atoms with E-state index in [9.17, 15) is 4.79 Å². The summed E-state index contributed by atoms with van der Waals surface area (Å²) in [7, 11) is 1.62. The fraction of sp³-hybridized carbons (Fsp3) is 0.364. The molecular weight excluding hydrogens is 368 g/mol. The number of nitrogens with zero attached hydrogens (tertiary/aromatic N) is 2. The van der Waals surface area contributed by atoms with Crippen LogP contribution in [0.15, 0.2) is 59.7 Å². The van der Waals surface area contributed by atoms with Gasteiger partial charge < -0.3 is 14.8 Å². The molecule has 1 aliphatic heterocycles. The first-order valence-corrected chi connectivity index (χ1v) is 9.75. The summed E-state index contributed by atoms with van der Waals surface area (Å²) in [5.41, 5.74) is 5.51. The fourth-order valence-electron chi connectivity index (χ4n) is 3.33. The second-order valence-corrected chi connectivity index (χ2v) is 6.83. The van der Waals surface area contributed by atoms with Gasteiger partial charge in [-0.1, -0.05) is 30.3 Å². The lowest BCUT2D eigenvalue weighted by Crippen LogP contribution is -2.42. The molecule has 0 aromatic heterocycles. The number of methoxy groups -OCH3 is 1. The van der Waals surface area contributed by atoms with Gasteiger partial charge in [-0.2, -0.15) is 5.10 Å². The smallest absolute Gasteiger partial charge is 0.259 e. The Morgan fingerprint density at radius 1 is 1.14 bits per heavy atom. The molecule has 2 aromatic carbocycles. The molecule has 0 spiro atoms. The number of hydrogen-bond acceptors (Lipinski definition) is 6. The van der Waals surface area contributed by atoms with E-state index in [-0.39, 0.29) is 18.5 Å². The third-order valence-corrected chi connectivity index (χ3v) is 4.82. The van der Waals surface area contributed by atoms with Crippen molar-refractivity contribution in [2.75, 3.05) is 45.3 Å². The molecule has 0 saturated carbocycles. The first-order chi connectivity index (χ1) is 14.2. The molecule has 7 heteroatoms. The molecule has 0 radical (unpaired) electrons. The van der Waals surface area contributed by atoms with Gasteiger partial charge in [0.1, 0.15) is 5.75 Å². The Kier molecular flexibility index (Phi) is 7.61. The van der Waals surface area contributed by atoms with Gasteiger partial charge in [0.05, 0.1) is 38.6 Å². The average Bonchev–Trinajstić information content (AvgIpc) is 2.78. The predicted molar refractivity (Wildman–Crippen MR) is 114 cm³/mol. The van der Waals surface area contributed by atoms with Gasteiger partial charge in [-0.3, -0.25) is 9.69 Å². The molecule has 1 heterocycles. The third kappa shape index (κ3) is 6.04. The number of amides is 1. The van der Waals surface area contributed by atoms with Crippen molar-refractivity contribution in [3.05, 3.63) is 60.2 Å². The monoisotopic (exact) mass is 396 g/mol. The van der Waals surface area contributed by atoms with Crippen LogP contribution < -0.4 is 15.5 Å². The van der Waals surface area contributed by atoms with Gasteiger partial charge in [0, 0.05) is 18.8 Å². The summed E-state index contributed by atoms with van der Waals surface area (Å²) in [4.78, 5) is 14.6. The number of benzene rings is 2. The third-order valence-electron chi connectivity index (χ3n) is 4.82. The van der Waals surface area contributed by atoms with Gasteiger partial charge in [0.25, 0.3) is 5.91 Å². The average molecular weight is 396 g/mol. The van der Waals surface area contributed by atoms with Gasteiger partial charge in [-0.15, -0.1) is 0 Å². The quantitative estimate of drug-likeness (QED) is 0.530. The minimum absolute atomic E-state index is 0.00921. The van der Waals surface area contributed by atoms with E-state index in [2.05, 4.69) is 32.9 Å². The molecule has 2 N–H and O–H groups in total. The van der Waals surface area contributed by atoms with Crippen LogP contribution in [-0.4, -0.2) is 56.5 Å². The first-order valence-electron chi connectivity index (χ1n) is 9.75. The number of carbonyl (C=O) groups is 1. The molecule has 154 valence electrons. The zero-order valence-corrected chi connectivity index (χ0v) is 16.9. The van der Waals surface area contributed by atoms with Crippen molar-refractivity contribution >= 4 is 17.3 Å². The van der Waals surface area contributed by atoms with Crippen molar-refractivity contribution in [3.8, 4) is 5.75 Å². The highest BCUT2D eigenvalue weighted by atomic mass is 16.5. The van der Waals surface area contributed by atoms with Crippen LogP contribution in [0.5, 0.6) is 5.75 Å². The number of hydrazone groups is 1. The van der Waals surface area contributed by atoms with Crippen LogP contribution in [-0.2, 0) is 9.53 Å². The van der Waals surface area contributed by atoms with Crippen molar-refractivity contribution in [2.45, 2.75) is 13.0 Å². The van der Waals surface area contributed by atoms with E-state index in [1.165, 1.54) is 0 Å². The Morgan fingerprint density at radius 2 is 1.83 bits per heavy atom. The van der Waals surface area contributed by atoms with Crippen LogP contribution >= 0.6 is 0 Å². The molecule has 0 bridgehead atoms. The lowest BCUT2D eigenvalue weighted by molar-refractivity contribution is -0.119. The molecular formula is C22H28N4O3. The Balaban J connectivity index is 1.60. The Hall–Kier alpha value is -2.90. The van der Waals surface area contributed by atoms with Crippen LogP contribution in [0.1, 0.15) is 18.5 Å². The summed E-state index contributed by atoms with van der Waals surface area (Å²) < 4.78 is 10.6. The molecule has 1 amide bonds. The Bertz CT molecular complexity index is 803. The normalized spacial score (nSPS) is 16.1. The lowest BCUT2D eigenvalue weighted by atomic mass is 10.0. The number of morpholine rings is 1. The molecule has 1 atom stereocenters. The number of ether oxygens (including phenoxy) is 2. The van der Waals surface area contributed by atoms with Gasteiger partial charge >= 0.3 is 0 Å². The van der Waals surface area contributed by atoms with E-state index in [0.717, 1.165) is 35.8 Å². The van der Waals surface area contributed by atoms with Gasteiger partial charge in [0.15, 0.2) is 0 Å². The number of nitrogens with one attached hydrogen (secondary N) is 2. The molecule has 7 nitrogen and oxygen atoms in total. The molecule has 0 aliphatic carbocycles. The van der Waals surface area contributed by atoms with Gasteiger partial charge in [-0.25, -0.2) is 5.43 Å². The Morgan fingerprint density at radius 3 is 2.48 bits per heavy atom. The number of rotatable bonds is 8. The number of anilines is 1. The minimum Gasteiger partial charge on any atom is -0.497 e. The molecule has 3 rings (SSSR count). The van der Waals surface area contributed by atoms with Crippen molar-refractivity contribution in [3.63, 3.8) is 0 Å². The highest BCUT2D eigenvalue weighted by Crippen LogP contribution is 2.23. The van der Waals surface area contributed by atoms with Crippen LogP contribution in [0.25, 0.3) is 0 Å². The summed E-state index contributed by atoms with van der Waals surface area (Å²) in [6, 6.07) is 17.6. The summed E-state index contributed by atoms with van der Waals surface area (Å²) in [5.74, 6) is 0.573. The van der Waals surface area contributed by atoms with Crippen LogP contribution in [0.2, 0.25) is 0 Å². The molecule has 1 aliphatic rings. The lowest BCUT2D eigenvalue weighted by Gasteiger charge is -2.34. The van der Waals surface area contributed by atoms with E-state index < -0.39 is 0 Å². The van der Waals surface area contributed by atoms with E-state index in [0.29, 0.717) is 13.2 Å². The SMILES string of the molecule is COc1ccc(NCC(=O)N/N=C(/C)[C@@H](c2ccccc2)N2CCOCC2)cc1. The topological polar surface area (TPSA) is 75.2 Å². The van der Waals surface area contributed by atoms with E-state index in [4.69, 9.17) is 9.47 Å². The molecule has 0 unspecified atom stereocenters. The first kappa shape index (κ1) is 20.8. The van der Waals surface area contributed by atoms with Gasteiger partial charge in [-0.05, 0) is 36.8 Å². The molecule has 29 heavy (non-hydrogen) atoms. The zero-order chi connectivity index (χ0) is 20.5. The van der Waals surface area contributed by atoms with Crippen LogP contribution in [0, 0.1) is 0 Å². The maximum Gasteiger partial charge on any atom is 0.259 e.